The summed E-state index contributed by atoms with van der Waals surface area (Å²) in [6.07, 6.45) is 0.0313. The van der Waals surface area contributed by atoms with E-state index in [1.165, 1.54) is 7.11 Å². The molecule has 0 aromatic heterocycles. The standard InChI is InChI=1S/C21H28O7/c1-9-5-13(22)17(26-4)19(3)11(9)6-14-20-8-27-21(25,18(19)20)16(24)10(2)12(20)7-15(23)28-14/h5,10-12,14,16-18,24-25H,6-8H2,1-4H3/t10-,11+,12+,14-,16+,17-,18-,19-,20-,21+/m1/s1. The largest absolute Gasteiger partial charge is 0.462 e. The number of ether oxygens (including phenoxy) is 3. The highest BCUT2D eigenvalue weighted by atomic mass is 16.6. The third-order valence-electron chi connectivity index (χ3n) is 8.81. The molecule has 0 unspecified atom stereocenters. The van der Waals surface area contributed by atoms with Crippen LogP contribution in [-0.2, 0) is 23.8 Å². The quantitative estimate of drug-likeness (QED) is 0.637. The van der Waals surface area contributed by atoms with Crippen LogP contribution in [-0.4, -0.2) is 59.8 Å². The molecule has 5 rings (SSSR count). The van der Waals surface area contributed by atoms with Crippen LogP contribution in [0.5, 0.6) is 0 Å². The molecule has 5 aliphatic rings. The van der Waals surface area contributed by atoms with Crippen LogP contribution in [0.2, 0.25) is 0 Å². The summed E-state index contributed by atoms with van der Waals surface area (Å²) < 4.78 is 17.5. The number of hydrogen-bond donors (Lipinski definition) is 2. The minimum absolute atomic E-state index is 0.126. The van der Waals surface area contributed by atoms with E-state index in [4.69, 9.17) is 14.2 Å². The number of carbonyl (C=O) groups is 2. The summed E-state index contributed by atoms with van der Waals surface area (Å²) in [6.45, 7) is 5.94. The van der Waals surface area contributed by atoms with Crippen LogP contribution in [0.25, 0.3) is 0 Å². The van der Waals surface area contributed by atoms with Gasteiger partial charge in [-0.25, -0.2) is 0 Å². The highest BCUT2D eigenvalue weighted by molar-refractivity contribution is 5.96. The molecule has 4 fully saturated rings. The molecule has 28 heavy (non-hydrogen) atoms. The number of esters is 1. The van der Waals surface area contributed by atoms with Crippen molar-refractivity contribution in [3.63, 3.8) is 0 Å². The van der Waals surface area contributed by atoms with Gasteiger partial charge in [0.15, 0.2) is 11.6 Å². The van der Waals surface area contributed by atoms with E-state index in [0.717, 1.165) is 5.57 Å². The number of carbonyl (C=O) groups excluding carboxylic acids is 2. The van der Waals surface area contributed by atoms with E-state index in [-0.39, 0.29) is 42.5 Å². The first kappa shape index (κ1) is 18.7. The summed E-state index contributed by atoms with van der Waals surface area (Å²) in [5.41, 5.74) is -0.526. The van der Waals surface area contributed by atoms with Crippen molar-refractivity contribution >= 4 is 11.8 Å². The topological polar surface area (TPSA) is 102 Å². The van der Waals surface area contributed by atoms with Gasteiger partial charge in [0.05, 0.1) is 6.61 Å². The third kappa shape index (κ3) is 1.81. The Morgan fingerprint density at radius 3 is 2.71 bits per heavy atom. The number of methoxy groups -OCH3 is 1. The van der Waals surface area contributed by atoms with Crippen LogP contribution in [0, 0.1) is 34.5 Å². The Hall–Kier alpha value is -1.28. The summed E-state index contributed by atoms with van der Waals surface area (Å²) >= 11 is 0. The van der Waals surface area contributed by atoms with Crippen molar-refractivity contribution < 1.29 is 34.0 Å². The van der Waals surface area contributed by atoms with Crippen molar-refractivity contribution in [1.82, 2.24) is 0 Å². The second kappa shape index (κ2) is 5.45. The van der Waals surface area contributed by atoms with Gasteiger partial charge >= 0.3 is 5.97 Å². The molecule has 0 aromatic rings. The molecule has 2 heterocycles. The van der Waals surface area contributed by atoms with Crippen molar-refractivity contribution in [2.24, 2.45) is 34.5 Å². The Labute approximate surface area is 164 Å². The lowest BCUT2D eigenvalue weighted by atomic mass is 9.38. The second-order valence-corrected chi connectivity index (χ2v) is 9.74. The molecule has 154 valence electrons. The van der Waals surface area contributed by atoms with Gasteiger partial charge in [-0.1, -0.05) is 19.4 Å². The lowest BCUT2D eigenvalue weighted by Crippen LogP contribution is -2.75. The lowest BCUT2D eigenvalue weighted by Gasteiger charge is -2.67. The summed E-state index contributed by atoms with van der Waals surface area (Å²) in [6, 6.07) is 0. The molecule has 10 atom stereocenters. The molecule has 2 bridgehead atoms. The van der Waals surface area contributed by atoms with Gasteiger partial charge in [0.1, 0.15) is 18.3 Å². The minimum Gasteiger partial charge on any atom is -0.462 e. The molecule has 1 spiro atoms. The van der Waals surface area contributed by atoms with Crippen LogP contribution in [0.4, 0.5) is 0 Å². The monoisotopic (exact) mass is 392 g/mol. The number of fused-ring (bicyclic) bond motifs is 1. The predicted molar refractivity (Wildman–Crippen MR) is 95.8 cm³/mol. The Morgan fingerprint density at radius 2 is 2.04 bits per heavy atom. The van der Waals surface area contributed by atoms with Gasteiger partial charge in [-0.3, -0.25) is 9.59 Å². The Balaban J connectivity index is 1.78. The fraction of sp³-hybridized carbons (Fsp3) is 0.810. The average Bonchev–Trinajstić information content (AvgIpc) is 2.92. The molecule has 7 heteroatoms. The number of rotatable bonds is 1. The summed E-state index contributed by atoms with van der Waals surface area (Å²) in [5, 5.41) is 22.7. The van der Waals surface area contributed by atoms with E-state index in [0.29, 0.717) is 6.42 Å². The first-order valence-electron chi connectivity index (χ1n) is 10.1. The molecule has 2 aliphatic heterocycles. The summed E-state index contributed by atoms with van der Waals surface area (Å²) in [5.74, 6) is -3.42. The number of aliphatic hydroxyl groups is 2. The molecule has 2 saturated carbocycles. The van der Waals surface area contributed by atoms with Crippen LogP contribution in [0.3, 0.4) is 0 Å². The van der Waals surface area contributed by atoms with Gasteiger partial charge in [-0.05, 0) is 37.2 Å². The predicted octanol–water partition coefficient (Wildman–Crippen LogP) is 0.820. The molecule has 2 saturated heterocycles. The van der Waals surface area contributed by atoms with Crippen molar-refractivity contribution in [3.05, 3.63) is 11.6 Å². The van der Waals surface area contributed by atoms with Crippen LogP contribution >= 0.6 is 0 Å². The fourth-order valence-corrected chi connectivity index (χ4v) is 7.89. The Morgan fingerprint density at radius 1 is 1.32 bits per heavy atom. The molecule has 2 N–H and O–H groups in total. The van der Waals surface area contributed by atoms with Gasteiger partial charge in [0.2, 0.25) is 0 Å². The Kier molecular flexibility index (Phi) is 3.64. The molecule has 3 aliphatic carbocycles. The zero-order valence-corrected chi connectivity index (χ0v) is 16.7. The van der Waals surface area contributed by atoms with Gasteiger partial charge < -0.3 is 24.4 Å². The van der Waals surface area contributed by atoms with Gasteiger partial charge in [0, 0.05) is 30.3 Å². The normalized spacial score (nSPS) is 57.2. The van der Waals surface area contributed by atoms with E-state index in [1.807, 2.05) is 20.8 Å². The van der Waals surface area contributed by atoms with E-state index >= 15 is 0 Å². The summed E-state index contributed by atoms with van der Waals surface area (Å²) in [7, 11) is 1.51. The molecular formula is C21H28O7. The molecule has 7 nitrogen and oxygen atoms in total. The van der Waals surface area contributed by atoms with Crippen molar-refractivity contribution in [2.45, 2.75) is 57.7 Å². The minimum atomic E-state index is -1.81. The van der Waals surface area contributed by atoms with Crippen molar-refractivity contribution in [2.75, 3.05) is 13.7 Å². The van der Waals surface area contributed by atoms with Gasteiger partial charge in [-0.2, -0.15) is 0 Å². The zero-order chi connectivity index (χ0) is 20.2. The van der Waals surface area contributed by atoms with Crippen LogP contribution < -0.4 is 0 Å². The van der Waals surface area contributed by atoms with E-state index in [1.54, 1.807) is 6.08 Å². The maximum absolute atomic E-state index is 12.9. The zero-order valence-electron chi connectivity index (χ0n) is 16.7. The molecule has 0 amide bonds. The highest BCUT2D eigenvalue weighted by Crippen LogP contribution is 2.73. The van der Waals surface area contributed by atoms with E-state index in [2.05, 4.69) is 0 Å². The van der Waals surface area contributed by atoms with Gasteiger partial charge in [0.25, 0.3) is 0 Å². The first-order chi connectivity index (χ1) is 13.1. The van der Waals surface area contributed by atoms with Crippen LogP contribution in [0.1, 0.15) is 33.6 Å². The molecule has 0 aromatic carbocycles. The van der Waals surface area contributed by atoms with Crippen molar-refractivity contribution in [3.8, 4) is 0 Å². The summed E-state index contributed by atoms with van der Waals surface area (Å²) in [4.78, 5) is 25.3. The maximum atomic E-state index is 12.9. The SMILES string of the molecule is CO[C@@H]1C(=O)C=C(C)[C@@H]2C[C@H]3OC(=O)C[C@H]4[C@@H](C)[C@H](O)[C@]5(O)OC[C@]34[C@H]5[C@@]12C. The second-order valence-electron chi connectivity index (χ2n) is 9.74. The first-order valence-corrected chi connectivity index (χ1v) is 10.1. The third-order valence-corrected chi connectivity index (χ3v) is 8.81. The number of allylic oxidation sites excluding steroid dienone is 1. The van der Waals surface area contributed by atoms with Crippen LogP contribution in [0.15, 0.2) is 11.6 Å². The average molecular weight is 392 g/mol. The Bertz CT molecular complexity index is 792. The fourth-order valence-electron chi connectivity index (χ4n) is 7.89. The van der Waals surface area contributed by atoms with Gasteiger partial charge in [-0.15, -0.1) is 0 Å². The molecular weight excluding hydrogens is 364 g/mol. The number of aliphatic hydroxyl groups excluding tert-OH is 1. The van der Waals surface area contributed by atoms with E-state index in [9.17, 15) is 19.8 Å². The smallest absolute Gasteiger partial charge is 0.306 e. The van der Waals surface area contributed by atoms with E-state index < -0.39 is 40.8 Å². The molecule has 0 radical (unpaired) electrons. The highest BCUT2D eigenvalue weighted by Gasteiger charge is 2.82. The number of ketones is 1. The van der Waals surface area contributed by atoms with Crippen molar-refractivity contribution in [1.29, 1.82) is 0 Å². The maximum Gasteiger partial charge on any atom is 0.306 e. The lowest BCUT2D eigenvalue weighted by molar-refractivity contribution is -0.333. The number of hydrogen-bond acceptors (Lipinski definition) is 7.